The zero-order chi connectivity index (χ0) is 25.3. The summed E-state index contributed by atoms with van der Waals surface area (Å²) < 4.78 is 47.2. The van der Waals surface area contributed by atoms with Gasteiger partial charge in [-0.05, 0) is 31.0 Å². The molecule has 1 amide bonds. The third kappa shape index (κ3) is 3.45. The molecule has 15 heteroatoms. The summed E-state index contributed by atoms with van der Waals surface area (Å²) in [5.74, 6) is -1.33. The molecule has 1 aliphatic carbocycles. The zero-order valence-electron chi connectivity index (χ0n) is 19.0. The lowest BCUT2D eigenvalue weighted by Crippen LogP contribution is -2.41. The Labute approximate surface area is 208 Å². The van der Waals surface area contributed by atoms with Crippen LogP contribution in [0.5, 0.6) is 0 Å². The molecule has 1 N–H and O–H groups in total. The number of nitrogens with zero attached hydrogens (tertiary/aromatic N) is 8. The van der Waals surface area contributed by atoms with E-state index in [1.165, 1.54) is 27.9 Å². The van der Waals surface area contributed by atoms with Crippen molar-refractivity contribution in [2.75, 3.05) is 6.54 Å². The minimum atomic E-state index is -3.56. The Bertz CT molecular complexity index is 1780. The van der Waals surface area contributed by atoms with Crippen LogP contribution in [0.3, 0.4) is 0 Å². The fourth-order valence-electron chi connectivity index (χ4n) is 4.55. The Hall–Kier alpha value is -4.40. The van der Waals surface area contributed by atoms with Gasteiger partial charge in [-0.1, -0.05) is 0 Å². The Morgan fingerprint density at radius 2 is 2.11 bits per heavy atom. The normalized spacial score (nSPS) is 17.9. The van der Waals surface area contributed by atoms with Crippen molar-refractivity contribution in [3.8, 4) is 11.5 Å². The predicted molar refractivity (Wildman–Crippen MR) is 123 cm³/mol. The second-order valence-corrected chi connectivity index (χ2v) is 11.0. The van der Waals surface area contributed by atoms with Crippen molar-refractivity contribution in [2.24, 2.45) is 0 Å². The van der Waals surface area contributed by atoms with E-state index in [0.717, 1.165) is 9.78 Å². The molecule has 2 aliphatic rings. The lowest BCUT2D eigenvalue weighted by molar-refractivity contribution is 0.0646. The van der Waals surface area contributed by atoms with Crippen LogP contribution in [0.1, 0.15) is 46.7 Å². The molecule has 5 aromatic rings. The summed E-state index contributed by atoms with van der Waals surface area (Å²) in [5, 5.41) is 15.8. The van der Waals surface area contributed by atoms with E-state index in [0.29, 0.717) is 37.2 Å². The number of halogens is 1. The van der Waals surface area contributed by atoms with Crippen LogP contribution in [-0.2, 0) is 16.4 Å². The van der Waals surface area contributed by atoms with Crippen LogP contribution in [0.15, 0.2) is 47.5 Å². The Morgan fingerprint density at radius 3 is 2.92 bits per heavy atom. The molecule has 1 aliphatic heterocycles. The largest absolute Gasteiger partial charge is 0.412 e. The van der Waals surface area contributed by atoms with Gasteiger partial charge in [0.15, 0.2) is 0 Å². The van der Waals surface area contributed by atoms with Crippen molar-refractivity contribution in [1.82, 2.24) is 43.9 Å². The number of carbonyl (C=O) groups is 1. The van der Waals surface area contributed by atoms with E-state index in [2.05, 4.69) is 30.4 Å². The van der Waals surface area contributed by atoms with Crippen molar-refractivity contribution < 1.29 is 22.0 Å². The van der Waals surface area contributed by atoms with Gasteiger partial charge >= 0.3 is 11.8 Å². The molecule has 0 spiro atoms. The van der Waals surface area contributed by atoms with E-state index in [1.807, 2.05) is 0 Å². The van der Waals surface area contributed by atoms with Gasteiger partial charge in [-0.25, -0.2) is 22.3 Å². The fraction of sp³-hybridized carbons (Fsp3) is 0.273. The number of hydrogen-bond acceptors (Lipinski definition) is 9. The van der Waals surface area contributed by atoms with E-state index in [-0.39, 0.29) is 22.9 Å². The first-order chi connectivity index (χ1) is 17.9. The van der Waals surface area contributed by atoms with Crippen LogP contribution in [0, 0.1) is 5.82 Å². The van der Waals surface area contributed by atoms with Crippen LogP contribution >= 0.6 is 0 Å². The minimum absolute atomic E-state index is 0.0376. The summed E-state index contributed by atoms with van der Waals surface area (Å²) >= 11 is 0. The SMILES string of the molecule is O=C(c1nnc(-c2cnn(S(=O)(=O)C3CC3)c2)o1)N1CCc2[nH]cnc2[C@@H]1c1cc2c(F)cccn2n1. The summed E-state index contributed by atoms with van der Waals surface area (Å²) in [5.41, 5.74) is 2.41. The highest BCUT2D eigenvalue weighted by Gasteiger charge is 2.39. The molecule has 1 saturated carbocycles. The Balaban J connectivity index is 1.23. The monoisotopic (exact) mass is 523 g/mol. The third-order valence-corrected chi connectivity index (χ3v) is 8.59. The number of aromatic amines is 1. The van der Waals surface area contributed by atoms with Crippen LogP contribution in [0.25, 0.3) is 17.0 Å². The average molecular weight is 524 g/mol. The number of pyridine rings is 1. The smallest absolute Gasteiger partial charge is 0.312 e. The highest BCUT2D eigenvalue weighted by molar-refractivity contribution is 7.90. The molecule has 5 aromatic heterocycles. The number of H-pyrrole nitrogens is 1. The molecule has 0 bridgehead atoms. The Kier molecular flexibility index (Phi) is 4.60. The topological polar surface area (TPSA) is 157 Å². The lowest BCUT2D eigenvalue weighted by Gasteiger charge is -2.32. The summed E-state index contributed by atoms with van der Waals surface area (Å²) in [6.07, 6.45) is 7.46. The van der Waals surface area contributed by atoms with Crippen LogP contribution in [0.4, 0.5) is 4.39 Å². The molecular weight excluding hydrogens is 505 g/mol. The molecule has 0 radical (unpaired) electrons. The summed E-state index contributed by atoms with van der Waals surface area (Å²) in [7, 11) is -3.56. The first kappa shape index (κ1) is 21.8. The van der Waals surface area contributed by atoms with Crippen LogP contribution in [-0.4, -0.2) is 70.0 Å². The molecule has 0 saturated heterocycles. The van der Waals surface area contributed by atoms with Gasteiger partial charge in [0, 0.05) is 24.9 Å². The fourth-order valence-corrected chi connectivity index (χ4v) is 6.03. The summed E-state index contributed by atoms with van der Waals surface area (Å²) in [6.45, 7) is 0.296. The van der Waals surface area contributed by atoms with E-state index in [9.17, 15) is 17.6 Å². The van der Waals surface area contributed by atoms with Gasteiger partial charge in [-0.3, -0.25) is 4.79 Å². The second-order valence-electron chi connectivity index (χ2n) is 8.93. The standard InChI is InChI=1S/C22H18FN9O4S/c23-14-2-1-6-31-17(14)8-16(29-31)19-18-15(24-11-25-18)5-7-30(19)22(33)21-28-27-20(36-21)12-9-26-32(10-12)37(34,35)13-3-4-13/h1-2,6,8-11,13,19H,3-5,7H2,(H,24,25)/t19-/m0/s1. The number of nitrogens with one attached hydrogen (secondary N) is 1. The van der Waals surface area contributed by atoms with E-state index in [4.69, 9.17) is 4.42 Å². The first-order valence-electron chi connectivity index (χ1n) is 11.5. The molecule has 37 heavy (non-hydrogen) atoms. The number of amides is 1. The van der Waals surface area contributed by atoms with Gasteiger partial charge in [0.1, 0.15) is 17.4 Å². The highest BCUT2D eigenvalue weighted by atomic mass is 32.2. The van der Waals surface area contributed by atoms with Gasteiger partial charge in [-0.2, -0.15) is 14.3 Å². The minimum Gasteiger partial charge on any atom is -0.412 e. The van der Waals surface area contributed by atoms with Gasteiger partial charge in [0.25, 0.3) is 15.9 Å². The lowest BCUT2D eigenvalue weighted by atomic mass is 9.99. The Morgan fingerprint density at radius 1 is 1.24 bits per heavy atom. The predicted octanol–water partition coefficient (Wildman–Crippen LogP) is 1.57. The van der Waals surface area contributed by atoms with Crippen molar-refractivity contribution >= 4 is 21.4 Å². The van der Waals surface area contributed by atoms with Crippen molar-refractivity contribution in [1.29, 1.82) is 0 Å². The van der Waals surface area contributed by atoms with Gasteiger partial charge in [0.2, 0.25) is 0 Å². The van der Waals surface area contributed by atoms with E-state index >= 15 is 0 Å². The van der Waals surface area contributed by atoms with Crippen molar-refractivity contribution in [2.45, 2.75) is 30.6 Å². The molecule has 13 nitrogen and oxygen atoms in total. The number of aromatic nitrogens is 8. The van der Waals surface area contributed by atoms with Gasteiger partial charge in [0.05, 0.1) is 40.9 Å². The molecule has 1 atom stereocenters. The van der Waals surface area contributed by atoms with Crippen molar-refractivity contribution in [3.05, 3.63) is 71.9 Å². The molecule has 188 valence electrons. The molecule has 7 rings (SSSR count). The second kappa shape index (κ2) is 7.80. The third-order valence-electron chi connectivity index (χ3n) is 6.56. The number of hydrogen-bond donors (Lipinski definition) is 1. The van der Waals surface area contributed by atoms with Crippen LogP contribution < -0.4 is 0 Å². The maximum Gasteiger partial charge on any atom is 0.312 e. The number of carbonyl (C=O) groups excluding carboxylic acids is 1. The summed E-state index contributed by atoms with van der Waals surface area (Å²) in [4.78, 5) is 22.6. The van der Waals surface area contributed by atoms with Crippen molar-refractivity contribution in [3.63, 3.8) is 0 Å². The van der Waals surface area contributed by atoms with Gasteiger partial charge < -0.3 is 14.3 Å². The average Bonchev–Trinajstić information content (AvgIpc) is 3.33. The molecule has 0 aromatic carbocycles. The molecule has 6 heterocycles. The zero-order valence-corrected chi connectivity index (χ0v) is 19.8. The maximum atomic E-state index is 14.4. The number of fused-ring (bicyclic) bond motifs is 2. The maximum absolute atomic E-state index is 14.4. The first-order valence-corrected chi connectivity index (χ1v) is 13.0. The van der Waals surface area contributed by atoms with E-state index in [1.54, 1.807) is 24.7 Å². The van der Waals surface area contributed by atoms with E-state index < -0.39 is 33.0 Å². The number of imidazole rings is 1. The molecular formula is C22H18FN9O4S. The van der Waals surface area contributed by atoms with Gasteiger partial charge in [-0.15, -0.1) is 10.2 Å². The quantitative estimate of drug-likeness (QED) is 0.361. The molecule has 0 unspecified atom stereocenters. The number of rotatable bonds is 5. The van der Waals surface area contributed by atoms with Crippen LogP contribution in [0.2, 0.25) is 0 Å². The summed E-state index contributed by atoms with van der Waals surface area (Å²) in [6, 6.07) is 3.74. The highest BCUT2D eigenvalue weighted by Crippen LogP contribution is 2.35. The molecule has 1 fully saturated rings.